The summed E-state index contributed by atoms with van der Waals surface area (Å²) in [5, 5.41) is 2.91. The van der Waals surface area contributed by atoms with Gasteiger partial charge < -0.3 is 14.8 Å². The van der Waals surface area contributed by atoms with Crippen LogP contribution in [0.2, 0.25) is 0 Å². The normalized spacial score (nSPS) is 20.6. The largest absolute Gasteiger partial charge is 0.490 e. The summed E-state index contributed by atoms with van der Waals surface area (Å²) in [7, 11) is 0. The molecule has 0 spiro atoms. The summed E-state index contributed by atoms with van der Waals surface area (Å²) in [6.45, 7) is 6.02. The van der Waals surface area contributed by atoms with Gasteiger partial charge in [-0.1, -0.05) is 0 Å². The van der Waals surface area contributed by atoms with Crippen molar-refractivity contribution < 1.29 is 19.1 Å². The molecule has 2 amide bonds. The van der Waals surface area contributed by atoms with Gasteiger partial charge in [-0.15, -0.1) is 0 Å². The van der Waals surface area contributed by atoms with Crippen molar-refractivity contribution in [1.29, 1.82) is 0 Å². The Morgan fingerprint density at radius 3 is 2.33 bits per heavy atom. The number of ether oxygens (including phenoxy) is 2. The summed E-state index contributed by atoms with van der Waals surface area (Å²) >= 11 is 0. The number of benzene rings is 1. The lowest BCUT2D eigenvalue weighted by atomic mass is 10.2. The minimum absolute atomic E-state index is 0.178. The van der Waals surface area contributed by atoms with Crippen LogP contribution in [0.4, 0.5) is 10.5 Å². The number of rotatable bonds is 4. The maximum Gasteiger partial charge on any atom is 0.410 e. The molecule has 1 saturated heterocycles. The average molecular weight is 374 g/mol. The first-order chi connectivity index (χ1) is 12.8. The number of amides is 2. The van der Waals surface area contributed by atoms with Gasteiger partial charge >= 0.3 is 6.09 Å². The Morgan fingerprint density at radius 1 is 1.04 bits per heavy atom. The fourth-order valence-electron chi connectivity index (χ4n) is 3.62. The highest BCUT2D eigenvalue weighted by Crippen LogP contribution is 2.26. The Kier molecular flexibility index (Phi) is 5.92. The van der Waals surface area contributed by atoms with Crippen molar-refractivity contribution in [3.63, 3.8) is 0 Å². The number of likely N-dealkylation sites (tertiary alicyclic amines) is 1. The lowest BCUT2D eigenvalue weighted by Crippen LogP contribution is -2.45. The fourth-order valence-corrected chi connectivity index (χ4v) is 3.62. The average Bonchev–Trinajstić information content (AvgIpc) is 3.26. The monoisotopic (exact) mass is 374 g/mol. The summed E-state index contributed by atoms with van der Waals surface area (Å²) in [5.74, 6) is 0.652. The summed E-state index contributed by atoms with van der Waals surface area (Å²) in [5.41, 5.74) is 0.130. The van der Waals surface area contributed by atoms with Gasteiger partial charge in [0.2, 0.25) is 5.91 Å². The summed E-state index contributed by atoms with van der Waals surface area (Å²) in [6, 6.07) is 6.96. The topological polar surface area (TPSA) is 67.9 Å². The van der Waals surface area contributed by atoms with Gasteiger partial charge in [-0.05, 0) is 83.6 Å². The SMILES string of the molecule is CC(C)(C)OC(=O)N1CCC[C@H]1C(=O)Nc1ccc(OC2CCCC2)cc1. The van der Waals surface area contributed by atoms with Crippen molar-refractivity contribution in [1.82, 2.24) is 4.90 Å². The van der Waals surface area contributed by atoms with Gasteiger partial charge in [0.1, 0.15) is 17.4 Å². The molecule has 6 heteroatoms. The van der Waals surface area contributed by atoms with Crippen molar-refractivity contribution >= 4 is 17.7 Å². The highest BCUT2D eigenvalue weighted by atomic mass is 16.6. The van der Waals surface area contributed by atoms with E-state index in [1.54, 1.807) is 0 Å². The lowest BCUT2D eigenvalue weighted by molar-refractivity contribution is -0.120. The molecule has 1 aliphatic heterocycles. The number of nitrogens with zero attached hydrogens (tertiary/aromatic N) is 1. The molecule has 6 nitrogen and oxygen atoms in total. The summed E-state index contributed by atoms with van der Waals surface area (Å²) in [4.78, 5) is 26.5. The predicted molar refractivity (Wildman–Crippen MR) is 104 cm³/mol. The zero-order valence-electron chi connectivity index (χ0n) is 16.5. The molecule has 2 aliphatic rings. The Hall–Kier alpha value is -2.24. The van der Waals surface area contributed by atoms with Gasteiger partial charge in [0.15, 0.2) is 0 Å². The summed E-state index contributed by atoms with van der Waals surface area (Å²) in [6.07, 6.45) is 6.01. The third kappa shape index (κ3) is 5.37. The molecule has 0 radical (unpaired) electrons. The third-order valence-corrected chi connectivity index (χ3v) is 4.91. The molecule has 1 aromatic carbocycles. The Labute approximate surface area is 161 Å². The molecule has 1 aliphatic carbocycles. The molecule has 1 aromatic rings. The number of hydrogen-bond donors (Lipinski definition) is 1. The zero-order valence-corrected chi connectivity index (χ0v) is 16.5. The van der Waals surface area contributed by atoms with Crippen LogP contribution in [0, 0.1) is 0 Å². The van der Waals surface area contributed by atoms with Crippen molar-refractivity contribution in [3.8, 4) is 5.75 Å². The van der Waals surface area contributed by atoms with Gasteiger partial charge in [0, 0.05) is 12.2 Å². The molecule has 1 atom stereocenters. The molecule has 0 unspecified atom stereocenters. The van der Waals surface area contributed by atoms with E-state index in [-0.39, 0.29) is 5.91 Å². The first kappa shape index (κ1) is 19.5. The fraction of sp³-hybridized carbons (Fsp3) is 0.619. The highest BCUT2D eigenvalue weighted by molar-refractivity contribution is 5.96. The van der Waals surface area contributed by atoms with E-state index >= 15 is 0 Å². The predicted octanol–water partition coefficient (Wildman–Crippen LogP) is 4.35. The third-order valence-electron chi connectivity index (χ3n) is 4.91. The van der Waals surface area contributed by atoms with Crippen LogP contribution in [0.15, 0.2) is 24.3 Å². The van der Waals surface area contributed by atoms with Crippen LogP contribution in [-0.4, -0.2) is 41.2 Å². The highest BCUT2D eigenvalue weighted by Gasteiger charge is 2.36. The van der Waals surface area contributed by atoms with Gasteiger partial charge in [-0.25, -0.2) is 4.79 Å². The Morgan fingerprint density at radius 2 is 1.70 bits per heavy atom. The van der Waals surface area contributed by atoms with E-state index in [0.717, 1.165) is 25.0 Å². The second-order valence-corrected chi connectivity index (χ2v) is 8.37. The molecule has 1 saturated carbocycles. The van der Waals surface area contributed by atoms with Gasteiger partial charge in [-0.3, -0.25) is 9.69 Å². The van der Waals surface area contributed by atoms with Gasteiger partial charge in [0.05, 0.1) is 6.10 Å². The number of nitrogens with one attached hydrogen (secondary N) is 1. The maximum absolute atomic E-state index is 12.7. The van der Waals surface area contributed by atoms with Crippen molar-refractivity contribution in [3.05, 3.63) is 24.3 Å². The molecule has 0 aromatic heterocycles. The zero-order chi connectivity index (χ0) is 19.4. The number of carbonyl (C=O) groups is 2. The molecule has 2 fully saturated rings. The number of carbonyl (C=O) groups excluding carboxylic acids is 2. The second-order valence-electron chi connectivity index (χ2n) is 8.37. The van der Waals surface area contributed by atoms with E-state index in [2.05, 4.69) is 5.32 Å². The molecular formula is C21H30N2O4. The first-order valence-corrected chi connectivity index (χ1v) is 9.89. The van der Waals surface area contributed by atoms with E-state index in [4.69, 9.17) is 9.47 Å². The molecule has 148 valence electrons. The number of anilines is 1. The molecule has 27 heavy (non-hydrogen) atoms. The van der Waals surface area contributed by atoms with Gasteiger partial charge in [-0.2, -0.15) is 0 Å². The Balaban J connectivity index is 1.56. The standard InChI is InChI=1S/C21H30N2O4/c1-21(2,3)27-20(25)23-14-6-9-18(23)19(24)22-15-10-12-17(13-11-15)26-16-7-4-5-8-16/h10-13,16,18H,4-9,14H2,1-3H3,(H,22,24)/t18-/m0/s1. The van der Waals surface area contributed by atoms with Crippen molar-refractivity contribution in [2.24, 2.45) is 0 Å². The molecule has 1 N–H and O–H groups in total. The smallest absolute Gasteiger partial charge is 0.410 e. The first-order valence-electron chi connectivity index (χ1n) is 9.89. The van der Waals surface area contributed by atoms with E-state index in [0.29, 0.717) is 24.8 Å². The lowest BCUT2D eigenvalue weighted by Gasteiger charge is -2.28. The van der Waals surface area contributed by atoms with E-state index in [1.807, 2.05) is 45.0 Å². The van der Waals surface area contributed by atoms with E-state index in [1.165, 1.54) is 17.7 Å². The van der Waals surface area contributed by atoms with Crippen LogP contribution in [0.1, 0.15) is 59.3 Å². The van der Waals surface area contributed by atoms with Crippen LogP contribution < -0.4 is 10.1 Å². The van der Waals surface area contributed by atoms with Crippen LogP contribution >= 0.6 is 0 Å². The minimum Gasteiger partial charge on any atom is -0.490 e. The maximum atomic E-state index is 12.7. The number of hydrogen-bond acceptors (Lipinski definition) is 4. The van der Waals surface area contributed by atoms with Crippen LogP contribution in [0.3, 0.4) is 0 Å². The van der Waals surface area contributed by atoms with E-state index < -0.39 is 17.7 Å². The quantitative estimate of drug-likeness (QED) is 0.851. The van der Waals surface area contributed by atoms with Crippen LogP contribution in [-0.2, 0) is 9.53 Å². The molecule has 3 rings (SSSR count). The summed E-state index contributed by atoms with van der Waals surface area (Å²) < 4.78 is 11.4. The van der Waals surface area contributed by atoms with Crippen LogP contribution in [0.25, 0.3) is 0 Å². The minimum atomic E-state index is -0.574. The second kappa shape index (κ2) is 8.19. The molecule has 1 heterocycles. The van der Waals surface area contributed by atoms with Crippen molar-refractivity contribution in [2.75, 3.05) is 11.9 Å². The van der Waals surface area contributed by atoms with E-state index in [9.17, 15) is 9.59 Å². The molecule has 0 bridgehead atoms. The van der Waals surface area contributed by atoms with Crippen LogP contribution in [0.5, 0.6) is 5.75 Å². The Bertz CT molecular complexity index is 660. The van der Waals surface area contributed by atoms with Gasteiger partial charge in [0.25, 0.3) is 0 Å². The molecular weight excluding hydrogens is 344 g/mol. The van der Waals surface area contributed by atoms with Crippen molar-refractivity contribution in [2.45, 2.75) is 77.0 Å².